The SMILES string of the molecule is COc1ccc(CN(C(=O)CN2C(=O)C(C)N(c3ccc(C)cc3)C2=O)C2CC2)cc1. The summed E-state index contributed by atoms with van der Waals surface area (Å²) in [5.41, 5.74) is 2.71. The molecule has 0 N–H and O–H groups in total. The van der Waals surface area contributed by atoms with Gasteiger partial charge in [-0.15, -0.1) is 0 Å². The van der Waals surface area contributed by atoms with Crippen LogP contribution in [-0.4, -0.2) is 53.4 Å². The van der Waals surface area contributed by atoms with Crippen molar-refractivity contribution in [3.05, 3.63) is 59.7 Å². The molecule has 0 bridgehead atoms. The lowest BCUT2D eigenvalue weighted by molar-refractivity contribution is -0.138. The predicted octanol–water partition coefficient (Wildman–Crippen LogP) is 3.35. The van der Waals surface area contributed by atoms with Crippen LogP contribution in [0.4, 0.5) is 10.5 Å². The first-order valence-corrected chi connectivity index (χ1v) is 10.5. The molecule has 2 fully saturated rings. The van der Waals surface area contributed by atoms with Gasteiger partial charge in [-0.05, 0) is 56.5 Å². The first-order chi connectivity index (χ1) is 14.9. The van der Waals surface area contributed by atoms with Gasteiger partial charge in [0.1, 0.15) is 18.3 Å². The quantitative estimate of drug-likeness (QED) is 0.643. The number of anilines is 1. The van der Waals surface area contributed by atoms with E-state index < -0.39 is 12.1 Å². The van der Waals surface area contributed by atoms with Crippen molar-refractivity contribution in [3.8, 4) is 5.75 Å². The molecule has 1 atom stereocenters. The van der Waals surface area contributed by atoms with Gasteiger partial charge in [-0.25, -0.2) is 4.79 Å². The van der Waals surface area contributed by atoms with Crippen molar-refractivity contribution in [2.75, 3.05) is 18.6 Å². The second-order valence-corrected chi connectivity index (χ2v) is 8.19. The van der Waals surface area contributed by atoms with Gasteiger partial charge in [0.2, 0.25) is 5.91 Å². The highest BCUT2D eigenvalue weighted by molar-refractivity contribution is 6.15. The molecule has 4 amide bonds. The Labute approximate surface area is 182 Å². The third-order valence-corrected chi connectivity index (χ3v) is 5.87. The number of ether oxygens (including phenoxy) is 1. The zero-order chi connectivity index (χ0) is 22.1. The molecular weight excluding hydrogens is 394 g/mol. The molecule has 1 saturated carbocycles. The number of nitrogens with zero attached hydrogens (tertiary/aromatic N) is 3. The van der Waals surface area contributed by atoms with Crippen LogP contribution in [0.15, 0.2) is 48.5 Å². The summed E-state index contributed by atoms with van der Waals surface area (Å²) in [6, 6.07) is 14.1. The standard InChI is InChI=1S/C24H27N3O4/c1-16-4-8-20(9-5-16)27-17(2)23(29)26(24(27)30)15-22(28)25(19-10-11-19)14-18-6-12-21(31-3)13-7-18/h4-9,12-13,17,19H,10-11,14-15H2,1-3H3. The summed E-state index contributed by atoms with van der Waals surface area (Å²) < 4.78 is 5.19. The van der Waals surface area contributed by atoms with Crippen LogP contribution in [0.2, 0.25) is 0 Å². The number of urea groups is 1. The molecular formula is C24H27N3O4. The maximum atomic E-state index is 13.1. The molecule has 0 radical (unpaired) electrons. The summed E-state index contributed by atoms with van der Waals surface area (Å²) in [6.07, 6.45) is 1.88. The molecule has 2 aromatic carbocycles. The molecule has 1 unspecified atom stereocenters. The highest BCUT2D eigenvalue weighted by atomic mass is 16.5. The van der Waals surface area contributed by atoms with Crippen LogP contribution in [0.1, 0.15) is 30.9 Å². The normalized spacial score (nSPS) is 18.5. The molecule has 2 aliphatic rings. The fraction of sp³-hybridized carbons (Fsp3) is 0.375. The number of carbonyl (C=O) groups excluding carboxylic acids is 3. The topological polar surface area (TPSA) is 70.2 Å². The van der Waals surface area contributed by atoms with Crippen LogP contribution in [0.25, 0.3) is 0 Å². The number of carbonyl (C=O) groups is 3. The molecule has 0 spiro atoms. The van der Waals surface area contributed by atoms with Gasteiger partial charge in [0.15, 0.2) is 0 Å². The number of aryl methyl sites for hydroxylation is 1. The number of hydrogen-bond donors (Lipinski definition) is 0. The number of amides is 4. The summed E-state index contributed by atoms with van der Waals surface area (Å²) in [5.74, 6) is 0.198. The van der Waals surface area contributed by atoms with Crippen LogP contribution in [-0.2, 0) is 16.1 Å². The van der Waals surface area contributed by atoms with Gasteiger partial charge >= 0.3 is 6.03 Å². The van der Waals surface area contributed by atoms with Crippen molar-refractivity contribution in [1.82, 2.24) is 9.80 Å². The van der Waals surface area contributed by atoms with Crippen molar-refractivity contribution in [3.63, 3.8) is 0 Å². The molecule has 1 saturated heterocycles. The summed E-state index contributed by atoms with van der Waals surface area (Å²) in [5, 5.41) is 0. The second kappa shape index (κ2) is 8.41. The molecule has 4 rings (SSSR count). The Morgan fingerprint density at radius 2 is 1.71 bits per heavy atom. The van der Waals surface area contributed by atoms with E-state index in [1.54, 1.807) is 18.9 Å². The zero-order valence-electron chi connectivity index (χ0n) is 18.1. The van der Waals surface area contributed by atoms with Crippen molar-refractivity contribution in [2.24, 2.45) is 0 Å². The summed E-state index contributed by atoms with van der Waals surface area (Å²) in [4.78, 5) is 43.3. The number of benzene rings is 2. The van der Waals surface area contributed by atoms with E-state index in [0.717, 1.165) is 34.6 Å². The smallest absolute Gasteiger partial charge is 0.332 e. The van der Waals surface area contributed by atoms with E-state index in [1.807, 2.05) is 55.5 Å². The second-order valence-electron chi connectivity index (χ2n) is 8.19. The van der Waals surface area contributed by atoms with Crippen LogP contribution in [0.5, 0.6) is 5.75 Å². The lowest BCUT2D eigenvalue weighted by atomic mass is 10.2. The van der Waals surface area contributed by atoms with E-state index >= 15 is 0 Å². The fourth-order valence-corrected chi connectivity index (χ4v) is 3.87. The highest BCUT2D eigenvalue weighted by Gasteiger charge is 2.45. The molecule has 7 nitrogen and oxygen atoms in total. The zero-order valence-corrected chi connectivity index (χ0v) is 18.1. The lowest BCUT2D eigenvalue weighted by Gasteiger charge is -2.25. The Balaban J connectivity index is 1.48. The molecule has 0 aromatic heterocycles. The number of rotatable bonds is 7. The minimum Gasteiger partial charge on any atom is -0.497 e. The van der Waals surface area contributed by atoms with Crippen LogP contribution in [0, 0.1) is 6.92 Å². The Bertz CT molecular complexity index is 983. The molecule has 1 aliphatic carbocycles. The molecule has 1 heterocycles. The van der Waals surface area contributed by atoms with Gasteiger partial charge in [0.05, 0.1) is 7.11 Å². The van der Waals surface area contributed by atoms with E-state index in [-0.39, 0.29) is 24.4 Å². The maximum absolute atomic E-state index is 13.1. The summed E-state index contributed by atoms with van der Waals surface area (Å²) in [6.45, 7) is 3.86. The third kappa shape index (κ3) is 4.26. The maximum Gasteiger partial charge on any atom is 0.332 e. The number of hydrogen-bond acceptors (Lipinski definition) is 4. The lowest BCUT2D eigenvalue weighted by Crippen LogP contribution is -2.44. The average Bonchev–Trinajstić information content (AvgIpc) is 3.59. The third-order valence-electron chi connectivity index (χ3n) is 5.87. The minimum absolute atomic E-state index is 0.160. The van der Waals surface area contributed by atoms with E-state index in [1.165, 1.54) is 4.90 Å². The van der Waals surface area contributed by atoms with Crippen LogP contribution < -0.4 is 9.64 Å². The number of methoxy groups -OCH3 is 1. The van der Waals surface area contributed by atoms with Crippen molar-refractivity contribution in [2.45, 2.75) is 45.3 Å². The van der Waals surface area contributed by atoms with E-state index in [2.05, 4.69) is 0 Å². The largest absolute Gasteiger partial charge is 0.497 e. The Hall–Kier alpha value is -3.35. The Kier molecular flexibility index (Phi) is 5.67. The molecule has 31 heavy (non-hydrogen) atoms. The molecule has 162 valence electrons. The first-order valence-electron chi connectivity index (χ1n) is 10.5. The van der Waals surface area contributed by atoms with Gasteiger partial charge in [0.25, 0.3) is 5.91 Å². The summed E-state index contributed by atoms with van der Waals surface area (Å²) in [7, 11) is 1.61. The monoisotopic (exact) mass is 421 g/mol. The van der Waals surface area contributed by atoms with Crippen LogP contribution >= 0.6 is 0 Å². The van der Waals surface area contributed by atoms with Crippen LogP contribution in [0.3, 0.4) is 0 Å². The molecule has 1 aliphatic heterocycles. The fourth-order valence-electron chi connectivity index (χ4n) is 3.87. The molecule has 7 heteroatoms. The highest BCUT2D eigenvalue weighted by Crippen LogP contribution is 2.30. The van der Waals surface area contributed by atoms with Gasteiger partial charge in [-0.1, -0.05) is 29.8 Å². The Morgan fingerprint density at radius 1 is 1.06 bits per heavy atom. The van der Waals surface area contributed by atoms with E-state index in [4.69, 9.17) is 4.74 Å². The van der Waals surface area contributed by atoms with E-state index in [0.29, 0.717) is 12.2 Å². The van der Waals surface area contributed by atoms with Crippen molar-refractivity contribution < 1.29 is 19.1 Å². The van der Waals surface area contributed by atoms with Gasteiger partial charge in [-0.3, -0.25) is 19.4 Å². The van der Waals surface area contributed by atoms with Gasteiger partial charge in [-0.2, -0.15) is 0 Å². The number of imide groups is 1. The van der Waals surface area contributed by atoms with Gasteiger partial charge < -0.3 is 9.64 Å². The summed E-state index contributed by atoms with van der Waals surface area (Å²) >= 11 is 0. The van der Waals surface area contributed by atoms with Crippen molar-refractivity contribution in [1.29, 1.82) is 0 Å². The van der Waals surface area contributed by atoms with Crippen molar-refractivity contribution >= 4 is 23.5 Å². The molecule has 2 aromatic rings. The average molecular weight is 421 g/mol. The van der Waals surface area contributed by atoms with Gasteiger partial charge in [0, 0.05) is 18.3 Å². The first kappa shape index (κ1) is 20.9. The van der Waals surface area contributed by atoms with E-state index in [9.17, 15) is 14.4 Å². The Morgan fingerprint density at radius 3 is 2.29 bits per heavy atom. The predicted molar refractivity (Wildman–Crippen MR) is 117 cm³/mol. The minimum atomic E-state index is -0.640.